The molecule has 12 heavy (non-hydrogen) atoms. The van der Waals surface area contributed by atoms with E-state index in [1.165, 1.54) is 0 Å². The van der Waals surface area contributed by atoms with E-state index in [0.29, 0.717) is 5.02 Å². The van der Waals surface area contributed by atoms with Gasteiger partial charge in [-0.1, -0.05) is 23.7 Å². The molecular weight excluding hydrogens is 172 g/mol. The molecule has 0 bridgehead atoms. The maximum atomic E-state index is 5.96. The molecule has 0 radical (unpaired) electrons. The van der Waals surface area contributed by atoms with Gasteiger partial charge in [0.25, 0.3) is 0 Å². The maximum Gasteiger partial charge on any atom is 0.129 e. The standard InChI is InChI=1S/C9H11ClN2/c1-11-9(12-2)7-5-3-4-6-8(7)10/h3-6H,1-2H3,(H,11,12). The molecule has 0 unspecified atom stereocenters. The van der Waals surface area contributed by atoms with Crippen molar-refractivity contribution in [3.05, 3.63) is 34.9 Å². The molecule has 0 heterocycles. The Labute approximate surface area is 77.3 Å². The molecule has 0 saturated heterocycles. The minimum atomic E-state index is 0.715. The summed E-state index contributed by atoms with van der Waals surface area (Å²) in [5, 5.41) is 3.69. The van der Waals surface area contributed by atoms with E-state index in [9.17, 15) is 0 Å². The van der Waals surface area contributed by atoms with E-state index in [-0.39, 0.29) is 0 Å². The van der Waals surface area contributed by atoms with Crippen molar-refractivity contribution in [1.82, 2.24) is 5.32 Å². The van der Waals surface area contributed by atoms with Gasteiger partial charge in [0.1, 0.15) is 5.84 Å². The highest BCUT2D eigenvalue weighted by molar-refractivity contribution is 6.34. The van der Waals surface area contributed by atoms with Gasteiger partial charge in [0.15, 0.2) is 0 Å². The summed E-state index contributed by atoms with van der Waals surface area (Å²) in [5.74, 6) is 0.806. The maximum absolute atomic E-state index is 5.96. The third-order valence-electron chi connectivity index (χ3n) is 1.59. The topological polar surface area (TPSA) is 24.4 Å². The number of hydrogen-bond acceptors (Lipinski definition) is 1. The van der Waals surface area contributed by atoms with Crippen molar-refractivity contribution in [2.24, 2.45) is 4.99 Å². The molecule has 1 aromatic rings. The molecule has 1 aromatic carbocycles. The van der Waals surface area contributed by atoms with Gasteiger partial charge >= 0.3 is 0 Å². The normalized spacial score (nSPS) is 11.4. The number of hydrogen-bond donors (Lipinski definition) is 1. The van der Waals surface area contributed by atoms with E-state index in [4.69, 9.17) is 11.6 Å². The first-order chi connectivity index (χ1) is 5.79. The predicted octanol–water partition coefficient (Wildman–Crippen LogP) is 1.94. The lowest BCUT2D eigenvalue weighted by molar-refractivity contribution is 1.15. The first kappa shape index (κ1) is 9.07. The van der Waals surface area contributed by atoms with Gasteiger partial charge < -0.3 is 5.32 Å². The van der Waals surface area contributed by atoms with Crippen LogP contribution in [0.5, 0.6) is 0 Å². The summed E-state index contributed by atoms with van der Waals surface area (Å²) in [4.78, 5) is 4.06. The second kappa shape index (κ2) is 4.12. The molecule has 2 nitrogen and oxygen atoms in total. The van der Waals surface area contributed by atoms with Gasteiger partial charge in [0.05, 0.1) is 5.02 Å². The van der Waals surface area contributed by atoms with Crippen molar-refractivity contribution < 1.29 is 0 Å². The molecule has 0 aromatic heterocycles. The van der Waals surface area contributed by atoms with E-state index in [1.54, 1.807) is 7.05 Å². The number of halogens is 1. The molecule has 64 valence electrons. The molecular formula is C9H11ClN2. The van der Waals surface area contributed by atoms with Crippen LogP contribution in [-0.4, -0.2) is 19.9 Å². The van der Waals surface area contributed by atoms with Crippen molar-refractivity contribution in [1.29, 1.82) is 0 Å². The third kappa shape index (κ3) is 1.77. The average Bonchev–Trinajstić information content (AvgIpc) is 2.10. The van der Waals surface area contributed by atoms with E-state index in [2.05, 4.69) is 10.3 Å². The fourth-order valence-electron chi connectivity index (χ4n) is 1.02. The molecule has 1 N–H and O–H groups in total. The molecule has 1 rings (SSSR count). The summed E-state index contributed by atoms with van der Waals surface area (Å²) in [5.41, 5.74) is 0.934. The Morgan fingerprint density at radius 3 is 2.58 bits per heavy atom. The van der Waals surface area contributed by atoms with Crippen LogP contribution in [0, 0.1) is 0 Å². The number of aliphatic imine (C=N–C) groups is 1. The third-order valence-corrected chi connectivity index (χ3v) is 1.92. The summed E-state index contributed by atoms with van der Waals surface area (Å²) in [6, 6.07) is 7.61. The van der Waals surface area contributed by atoms with E-state index >= 15 is 0 Å². The van der Waals surface area contributed by atoms with Gasteiger partial charge in [-0.15, -0.1) is 0 Å². The van der Waals surface area contributed by atoms with E-state index < -0.39 is 0 Å². The summed E-state index contributed by atoms with van der Waals surface area (Å²) in [6.07, 6.45) is 0. The van der Waals surface area contributed by atoms with Crippen LogP contribution in [0.4, 0.5) is 0 Å². The Bertz CT molecular complexity index is 294. The monoisotopic (exact) mass is 182 g/mol. The molecule has 0 spiro atoms. The van der Waals surface area contributed by atoms with Gasteiger partial charge in [-0.2, -0.15) is 0 Å². The van der Waals surface area contributed by atoms with Crippen LogP contribution in [0.3, 0.4) is 0 Å². The lowest BCUT2D eigenvalue weighted by Gasteiger charge is -2.05. The first-order valence-electron chi connectivity index (χ1n) is 3.69. The quantitative estimate of drug-likeness (QED) is 0.521. The van der Waals surface area contributed by atoms with Crippen LogP contribution >= 0.6 is 11.6 Å². The summed E-state index contributed by atoms with van der Waals surface area (Å²) in [6.45, 7) is 0. The fraction of sp³-hybridized carbons (Fsp3) is 0.222. The summed E-state index contributed by atoms with van der Waals surface area (Å²) < 4.78 is 0. The minimum absolute atomic E-state index is 0.715. The van der Waals surface area contributed by atoms with Crippen LogP contribution in [0.1, 0.15) is 5.56 Å². The van der Waals surface area contributed by atoms with Crippen molar-refractivity contribution in [2.75, 3.05) is 14.1 Å². The van der Waals surface area contributed by atoms with Crippen molar-refractivity contribution >= 4 is 17.4 Å². The summed E-state index contributed by atoms with van der Waals surface area (Å²) in [7, 11) is 3.56. The van der Waals surface area contributed by atoms with Gasteiger partial charge in [-0.05, 0) is 12.1 Å². The van der Waals surface area contributed by atoms with Crippen LogP contribution in [0.2, 0.25) is 5.02 Å². The highest BCUT2D eigenvalue weighted by Crippen LogP contribution is 2.14. The SMILES string of the molecule is CN=C(NC)c1ccccc1Cl. The lowest BCUT2D eigenvalue weighted by Crippen LogP contribution is -2.19. The number of amidine groups is 1. The molecule has 0 aliphatic heterocycles. The Morgan fingerprint density at radius 1 is 1.42 bits per heavy atom. The number of nitrogens with zero attached hydrogens (tertiary/aromatic N) is 1. The van der Waals surface area contributed by atoms with E-state index in [0.717, 1.165) is 11.4 Å². The van der Waals surface area contributed by atoms with Gasteiger partial charge in [0, 0.05) is 19.7 Å². The fourth-order valence-corrected chi connectivity index (χ4v) is 1.25. The van der Waals surface area contributed by atoms with Gasteiger partial charge in [-0.25, -0.2) is 0 Å². The van der Waals surface area contributed by atoms with Gasteiger partial charge in [0.2, 0.25) is 0 Å². The zero-order valence-corrected chi connectivity index (χ0v) is 7.89. The van der Waals surface area contributed by atoms with E-state index in [1.807, 2.05) is 31.3 Å². The zero-order chi connectivity index (χ0) is 8.97. The lowest BCUT2D eigenvalue weighted by atomic mass is 10.2. The number of benzene rings is 1. The second-order valence-electron chi connectivity index (χ2n) is 2.30. The molecule has 0 saturated carbocycles. The largest absolute Gasteiger partial charge is 0.373 e. The van der Waals surface area contributed by atoms with Crippen molar-refractivity contribution in [2.45, 2.75) is 0 Å². The predicted molar refractivity (Wildman–Crippen MR) is 53.0 cm³/mol. The Hall–Kier alpha value is -1.02. The average molecular weight is 183 g/mol. The van der Waals surface area contributed by atoms with Crippen LogP contribution in [0.15, 0.2) is 29.3 Å². The highest BCUT2D eigenvalue weighted by atomic mass is 35.5. The molecule has 3 heteroatoms. The van der Waals surface area contributed by atoms with Gasteiger partial charge in [-0.3, -0.25) is 4.99 Å². The zero-order valence-electron chi connectivity index (χ0n) is 7.13. The molecule has 0 atom stereocenters. The second-order valence-corrected chi connectivity index (χ2v) is 2.71. The Kier molecular flexibility index (Phi) is 3.11. The molecule has 0 aliphatic rings. The van der Waals surface area contributed by atoms with Crippen molar-refractivity contribution in [3.8, 4) is 0 Å². The summed E-state index contributed by atoms with van der Waals surface area (Å²) >= 11 is 5.96. The molecule has 0 aliphatic carbocycles. The first-order valence-corrected chi connectivity index (χ1v) is 4.07. The molecule has 0 amide bonds. The minimum Gasteiger partial charge on any atom is -0.373 e. The number of nitrogens with one attached hydrogen (secondary N) is 1. The van der Waals surface area contributed by atoms with Crippen molar-refractivity contribution in [3.63, 3.8) is 0 Å². The highest BCUT2D eigenvalue weighted by Gasteiger charge is 2.03. The van der Waals surface area contributed by atoms with Crippen LogP contribution in [-0.2, 0) is 0 Å². The Balaban J connectivity index is 3.10. The number of rotatable bonds is 1. The molecule has 0 fully saturated rings. The Morgan fingerprint density at radius 2 is 2.08 bits per heavy atom. The smallest absolute Gasteiger partial charge is 0.129 e. The van der Waals surface area contributed by atoms with Crippen LogP contribution in [0.25, 0.3) is 0 Å². The van der Waals surface area contributed by atoms with Crippen LogP contribution < -0.4 is 5.32 Å².